The van der Waals surface area contributed by atoms with E-state index in [2.05, 4.69) is 25.6 Å². The highest BCUT2D eigenvalue weighted by Crippen LogP contribution is 2.42. The summed E-state index contributed by atoms with van der Waals surface area (Å²) in [7, 11) is 3.46. The quantitative estimate of drug-likeness (QED) is 0.382. The molecule has 1 aliphatic heterocycles. The van der Waals surface area contributed by atoms with Crippen molar-refractivity contribution in [2.45, 2.75) is 56.5 Å². The Labute approximate surface area is 219 Å². The van der Waals surface area contributed by atoms with Crippen molar-refractivity contribution in [2.75, 3.05) is 13.7 Å². The monoisotopic (exact) mass is 518 g/mol. The Balaban J connectivity index is 1.36. The number of amides is 1. The number of methoxy groups -OCH3 is 1. The van der Waals surface area contributed by atoms with E-state index in [9.17, 15) is 9.18 Å². The summed E-state index contributed by atoms with van der Waals surface area (Å²) in [6, 6.07) is 10.1. The zero-order chi connectivity index (χ0) is 26.2. The van der Waals surface area contributed by atoms with Crippen LogP contribution in [-0.2, 0) is 7.05 Å². The molecule has 0 unspecified atom stereocenters. The number of tetrazole rings is 1. The minimum atomic E-state index is -0.314. The summed E-state index contributed by atoms with van der Waals surface area (Å²) in [5.41, 5.74) is 2.09. The number of carbonyl (C=O) groups is 1. The molecule has 6 rings (SSSR count). The van der Waals surface area contributed by atoms with Crippen LogP contribution in [0.2, 0.25) is 0 Å². The summed E-state index contributed by atoms with van der Waals surface area (Å²) < 4.78 is 23.5. The third kappa shape index (κ3) is 4.30. The lowest BCUT2D eigenvalue weighted by Crippen LogP contribution is -2.52. The van der Waals surface area contributed by atoms with Gasteiger partial charge < -0.3 is 4.74 Å². The van der Waals surface area contributed by atoms with Crippen LogP contribution in [0.4, 0.5) is 4.39 Å². The van der Waals surface area contributed by atoms with E-state index in [4.69, 9.17) is 4.74 Å². The van der Waals surface area contributed by atoms with Crippen LogP contribution in [0.3, 0.4) is 0 Å². The second-order valence-corrected chi connectivity index (χ2v) is 10.1. The number of fused-ring (bicyclic) bond motifs is 1. The van der Waals surface area contributed by atoms with Gasteiger partial charge in [-0.25, -0.2) is 18.6 Å². The van der Waals surface area contributed by atoms with Crippen molar-refractivity contribution in [1.29, 1.82) is 0 Å². The van der Waals surface area contributed by atoms with Gasteiger partial charge in [-0.15, -0.1) is 5.10 Å². The van der Waals surface area contributed by atoms with E-state index >= 15 is 0 Å². The highest BCUT2D eigenvalue weighted by atomic mass is 19.1. The molecule has 0 spiro atoms. The fourth-order valence-corrected chi connectivity index (χ4v) is 6.17. The molecule has 0 N–H and O–H groups in total. The van der Waals surface area contributed by atoms with Gasteiger partial charge in [0.2, 0.25) is 0 Å². The first-order valence-corrected chi connectivity index (χ1v) is 13.1. The Morgan fingerprint density at radius 3 is 2.74 bits per heavy atom. The molecule has 1 aliphatic carbocycles. The van der Waals surface area contributed by atoms with E-state index in [1.807, 2.05) is 36.5 Å². The molecule has 4 heterocycles. The summed E-state index contributed by atoms with van der Waals surface area (Å²) in [5, 5.41) is 20.5. The average Bonchev–Trinajstić information content (AvgIpc) is 3.69. The minimum Gasteiger partial charge on any atom is -0.496 e. The Bertz CT molecular complexity index is 1440. The predicted octanol–water partition coefficient (Wildman–Crippen LogP) is 3.93. The van der Waals surface area contributed by atoms with E-state index in [-0.39, 0.29) is 29.7 Å². The maximum absolute atomic E-state index is 14.4. The number of ether oxygens (including phenoxy) is 1. The Morgan fingerprint density at radius 2 is 1.97 bits per heavy atom. The van der Waals surface area contributed by atoms with Gasteiger partial charge in [-0.3, -0.25) is 9.80 Å². The molecule has 2 aliphatic rings. The van der Waals surface area contributed by atoms with Crippen LogP contribution in [-0.4, -0.2) is 65.4 Å². The fourth-order valence-electron chi connectivity index (χ4n) is 6.17. The zero-order valence-electron chi connectivity index (χ0n) is 21.6. The standard InChI is InChI=1S/C27H31FN8O2/c1-33-26(30-31-32-33)18-8-11-20(12-9-18)36(27(37)22-17-29-34-14-4-3-6-23(22)34)35-15-5-7-24(35)21-16-19(28)10-13-25(21)38-2/h3-4,6,10,13-14,16-18,20,24H,5,7-9,11-12,15H2,1-2H3/t18?,20?,24-/m1/s1. The first kappa shape index (κ1) is 24.5. The molecule has 0 radical (unpaired) electrons. The van der Waals surface area contributed by atoms with Gasteiger partial charge >= 0.3 is 0 Å². The molecule has 1 aromatic carbocycles. The third-order valence-corrected chi connectivity index (χ3v) is 7.98. The molecule has 0 bridgehead atoms. The molecule has 11 heteroatoms. The number of pyridine rings is 1. The number of hydrogen-bond acceptors (Lipinski definition) is 7. The van der Waals surface area contributed by atoms with E-state index in [1.165, 1.54) is 12.1 Å². The van der Waals surface area contributed by atoms with Crippen molar-refractivity contribution in [1.82, 2.24) is 39.8 Å². The van der Waals surface area contributed by atoms with Crippen molar-refractivity contribution in [3.63, 3.8) is 0 Å². The molecule has 1 saturated carbocycles. The van der Waals surface area contributed by atoms with Gasteiger partial charge in [-0.1, -0.05) is 6.07 Å². The summed E-state index contributed by atoms with van der Waals surface area (Å²) in [5.74, 6) is 1.36. The van der Waals surface area contributed by atoms with Gasteiger partial charge in [0.1, 0.15) is 11.6 Å². The molecule has 38 heavy (non-hydrogen) atoms. The van der Waals surface area contributed by atoms with Crippen molar-refractivity contribution in [2.24, 2.45) is 7.05 Å². The third-order valence-electron chi connectivity index (χ3n) is 7.98. The van der Waals surface area contributed by atoms with Gasteiger partial charge in [0, 0.05) is 37.3 Å². The largest absolute Gasteiger partial charge is 0.496 e. The fraction of sp³-hybridized carbons (Fsp3) is 0.444. The molecule has 2 fully saturated rings. The van der Waals surface area contributed by atoms with Crippen LogP contribution in [0.1, 0.15) is 72.2 Å². The number of aromatic nitrogens is 6. The van der Waals surface area contributed by atoms with E-state index < -0.39 is 0 Å². The van der Waals surface area contributed by atoms with Gasteiger partial charge in [0.05, 0.1) is 30.4 Å². The maximum atomic E-state index is 14.4. The molecule has 10 nitrogen and oxygen atoms in total. The molecular formula is C27H31FN8O2. The second kappa shape index (κ2) is 10.1. The molecule has 4 aromatic rings. The van der Waals surface area contributed by atoms with Crippen LogP contribution in [0.5, 0.6) is 5.75 Å². The molecule has 1 atom stereocenters. The number of halogens is 1. The topological polar surface area (TPSA) is 93.7 Å². The van der Waals surface area contributed by atoms with E-state index in [1.54, 1.807) is 28.6 Å². The molecule has 1 amide bonds. The zero-order valence-corrected chi connectivity index (χ0v) is 21.6. The molecule has 1 saturated heterocycles. The highest BCUT2D eigenvalue weighted by Gasteiger charge is 2.41. The number of nitrogens with zero attached hydrogens (tertiary/aromatic N) is 8. The van der Waals surface area contributed by atoms with Crippen molar-refractivity contribution in [3.8, 4) is 5.75 Å². The number of benzene rings is 1. The Morgan fingerprint density at radius 1 is 1.13 bits per heavy atom. The normalized spacial score (nSPS) is 22.1. The van der Waals surface area contributed by atoms with Gasteiger partial charge in [-0.05, 0) is 79.3 Å². The smallest absolute Gasteiger partial charge is 0.272 e. The molecule has 198 valence electrons. The molecule has 3 aromatic heterocycles. The number of carbonyl (C=O) groups excluding carboxylic acids is 1. The Hall–Kier alpha value is -3.86. The SMILES string of the molecule is COc1ccc(F)cc1[C@H]1CCCN1N(C(=O)c1cnn2ccccc12)C1CCC(c2nnnn2C)CC1. The Kier molecular flexibility index (Phi) is 6.52. The van der Waals surface area contributed by atoms with Gasteiger partial charge in [-0.2, -0.15) is 5.10 Å². The van der Waals surface area contributed by atoms with E-state index in [0.717, 1.165) is 55.4 Å². The van der Waals surface area contributed by atoms with Crippen LogP contribution in [0.15, 0.2) is 48.8 Å². The lowest BCUT2D eigenvalue weighted by molar-refractivity contribution is -0.0558. The highest BCUT2D eigenvalue weighted by molar-refractivity contribution is 6.00. The number of hydrazine groups is 1. The lowest BCUT2D eigenvalue weighted by atomic mass is 9.85. The van der Waals surface area contributed by atoms with Gasteiger partial charge in [0.25, 0.3) is 5.91 Å². The van der Waals surface area contributed by atoms with Crippen molar-refractivity contribution >= 4 is 11.4 Å². The molecular weight excluding hydrogens is 487 g/mol. The van der Waals surface area contributed by atoms with Crippen LogP contribution in [0, 0.1) is 5.82 Å². The number of hydrogen-bond donors (Lipinski definition) is 0. The maximum Gasteiger partial charge on any atom is 0.272 e. The lowest BCUT2D eigenvalue weighted by Gasteiger charge is -2.44. The van der Waals surface area contributed by atoms with Crippen LogP contribution in [0.25, 0.3) is 5.52 Å². The minimum absolute atomic E-state index is 0.0150. The van der Waals surface area contributed by atoms with Crippen molar-refractivity contribution < 1.29 is 13.9 Å². The van der Waals surface area contributed by atoms with Gasteiger partial charge in [0.15, 0.2) is 5.82 Å². The number of rotatable bonds is 6. The van der Waals surface area contributed by atoms with E-state index in [0.29, 0.717) is 17.9 Å². The number of aryl methyl sites for hydroxylation is 1. The van der Waals surface area contributed by atoms with Crippen LogP contribution < -0.4 is 4.74 Å². The second-order valence-electron chi connectivity index (χ2n) is 10.1. The van der Waals surface area contributed by atoms with Crippen molar-refractivity contribution in [3.05, 3.63) is 71.6 Å². The first-order valence-electron chi connectivity index (χ1n) is 13.1. The predicted molar refractivity (Wildman–Crippen MR) is 137 cm³/mol. The first-order chi connectivity index (χ1) is 18.5. The summed E-state index contributed by atoms with van der Waals surface area (Å²) in [4.78, 5) is 14.4. The average molecular weight is 519 g/mol. The summed E-state index contributed by atoms with van der Waals surface area (Å²) in [6.07, 6.45) is 8.56. The van der Waals surface area contributed by atoms with Crippen LogP contribution >= 0.6 is 0 Å². The summed E-state index contributed by atoms with van der Waals surface area (Å²) >= 11 is 0. The summed E-state index contributed by atoms with van der Waals surface area (Å²) in [6.45, 7) is 0.697.